The van der Waals surface area contributed by atoms with Crippen LogP contribution in [0.1, 0.15) is 56.6 Å². The molecule has 1 aromatic carbocycles. The Morgan fingerprint density at radius 1 is 1.10 bits per heavy atom. The number of nitrogen functional groups attached to an aromatic ring is 1. The van der Waals surface area contributed by atoms with Crippen molar-refractivity contribution in [3.8, 4) is 5.88 Å². The number of nitrogens with zero attached hydrogens (tertiary/aromatic N) is 3. The molecule has 0 saturated heterocycles. The summed E-state index contributed by atoms with van der Waals surface area (Å²) in [6.07, 6.45) is 4.72. The summed E-state index contributed by atoms with van der Waals surface area (Å²) >= 11 is 0. The highest BCUT2D eigenvalue weighted by Crippen LogP contribution is 2.39. The lowest BCUT2D eigenvalue weighted by molar-refractivity contribution is 0.171. The van der Waals surface area contributed by atoms with Crippen molar-refractivity contribution < 1.29 is 13.2 Å². The SMILES string of the molecule is CC1(C)Oc2ncnc(N)c2N=C1c1ccc(C2CCC(NS(N)(=O)=O)CC2)cc1. The first kappa shape index (κ1) is 20.7. The lowest BCUT2D eigenvalue weighted by Crippen LogP contribution is -2.41. The van der Waals surface area contributed by atoms with Gasteiger partial charge in [-0.05, 0) is 51.0 Å². The van der Waals surface area contributed by atoms with Crippen LogP contribution in [0.15, 0.2) is 35.6 Å². The van der Waals surface area contributed by atoms with Gasteiger partial charge in [0.15, 0.2) is 11.5 Å². The number of aromatic nitrogens is 2. The van der Waals surface area contributed by atoms with E-state index in [1.807, 2.05) is 26.0 Å². The molecule has 0 atom stereocenters. The fourth-order valence-corrected chi connectivity index (χ4v) is 4.89. The molecule has 2 aliphatic rings. The van der Waals surface area contributed by atoms with E-state index in [1.54, 1.807) is 0 Å². The van der Waals surface area contributed by atoms with Crippen LogP contribution in [0.25, 0.3) is 0 Å². The highest BCUT2D eigenvalue weighted by molar-refractivity contribution is 7.87. The minimum Gasteiger partial charge on any atom is -0.463 e. The van der Waals surface area contributed by atoms with Crippen molar-refractivity contribution in [1.29, 1.82) is 0 Å². The molecule has 0 spiro atoms. The summed E-state index contributed by atoms with van der Waals surface area (Å²) in [6, 6.07) is 8.20. The summed E-state index contributed by atoms with van der Waals surface area (Å²) in [4.78, 5) is 12.9. The molecule has 0 radical (unpaired) electrons. The standard InChI is InChI=1S/C20H26N6O3S/c1-20(2)17(25-16-18(21)23-11-24-19(16)29-20)14-5-3-12(4-6-14)13-7-9-15(10-8-13)26-30(22,27)28/h3-6,11,13,15,26H,7-10H2,1-2H3,(H2,21,23,24)(H2,22,27,28). The molecule has 0 unspecified atom stereocenters. The molecule has 2 heterocycles. The van der Waals surface area contributed by atoms with E-state index in [2.05, 4.69) is 26.8 Å². The molecule has 1 saturated carbocycles. The van der Waals surface area contributed by atoms with Crippen LogP contribution in [0.3, 0.4) is 0 Å². The van der Waals surface area contributed by atoms with E-state index < -0.39 is 15.8 Å². The van der Waals surface area contributed by atoms with Crippen LogP contribution in [0.4, 0.5) is 11.5 Å². The van der Waals surface area contributed by atoms with Crippen LogP contribution in [-0.2, 0) is 10.2 Å². The molecule has 9 nitrogen and oxygen atoms in total. The van der Waals surface area contributed by atoms with Gasteiger partial charge in [0.2, 0.25) is 5.88 Å². The molecule has 10 heteroatoms. The number of nitrogens with one attached hydrogen (secondary N) is 1. The van der Waals surface area contributed by atoms with Crippen LogP contribution in [-0.4, -0.2) is 35.7 Å². The fourth-order valence-electron chi connectivity index (χ4n) is 4.19. The van der Waals surface area contributed by atoms with Gasteiger partial charge in [-0.15, -0.1) is 0 Å². The number of rotatable bonds is 4. The number of anilines is 1. The third kappa shape index (κ3) is 4.30. The predicted molar refractivity (Wildman–Crippen MR) is 115 cm³/mol. The second-order valence-electron chi connectivity index (χ2n) is 8.32. The molecule has 5 N–H and O–H groups in total. The smallest absolute Gasteiger partial charge is 0.274 e. The van der Waals surface area contributed by atoms with Gasteiger partial charge in [0.1, 0.15) is 11.9 Å². The number of ether oxygens (including phenoxy) is 1. The van der Waals surface area contributed by atoms with Crippen molar-refractivity contribution in [1.82, 2.24) is 14.7 Å². The quantitative estimate of drug-likeness (QED) is 0.677. The molecule has 0 amide bonds. The van der Waals surface area contributed by atoms with E-state index in [-0.39, 0.29) is 11.9 Å². The number of benzene rings is 1. The Labute approximate surface area is 176 Å². The van der Waals surface area contributed by atoms with E-state index in [1.165, 1.54) is 11.9 Å². The summed E-state index contributed by atoms with van der Waals surface area (Å²) in [5.41, 5.74) is 8.69. The number of fused-ring (bicyclic) bond motifs is 1. The zero-order chi connectivity index (χ0) is 21.5. The maximum atomic E-state index is 11.2. The largest absolute Gasteiger partial charge is 0.463 e. The molecule has 1 aromatic heterocycles. The van der Waals surface area contributed by atoms with E-state index in [0.717, 1.165) is 37.0 Å². The molecule has 1 fully saturated rings. The maximum absolute atomic E-state index is 11.2. The van der Waals surface area contributed by atoms with Gasteiger partial charge in [-0.25, -0.2) is 15.1 Å². The maximum Gasteiger partial charge on any atom is 0.274 e. The Kier molecular flexibility index (Phi) is 5.25. The normalized spacial score (nSPS) is 23.2. The lowest BCUT2D eigenvalue weighted by atomic mass is 9.81. The average molecular weight is 431 g/mol. The van der Waals surface area contributed by atoms with Gasteiger partial charge in [0, 0.05) is 11.6 Å². The molecule has 2 aromatic rings. The van der Waals surface area contributed by atoms with Crippen molar-refractivity contribution in [2.75, 3.05) is 5.73 Å². The second-order valence-corrected chi connectivity index (χ2v) is 9.64. The minimum absolute atomic E-state index is 0.0854. The van der Waals surface area contributed by atoms with Crippen LogP contribution in [0, 0.1) is 0 Å². The van der Waals surface area contributed by atoms with Crippen LogP contribution in [0.5, 0.6) is 5.88 Å². The van der Waals surface area contributed by atoms with Crippen molar-refractivity contribution in [3.63, 3.8) is 0 Å². The van der Waals surface area contributed by atoms with Crippen molar-refractivity contribution in [2.24, 2.45) is 10.1 Å². The number of nitrogens with two attached hydrogens (primary N) is 2. The van der Waals surface area contributed by atoms with Crippen molar-refractivity contribution in [3.05, 3.63) is 41.7 Å². The van der Waals surface area contributed by atoms with Gasteiger partial charge >= 0.3 is 0 Å². The number of hydrogen-bond acceptors (Lipinski definition) is 7. The number of hydrogen-bond donors (Lipinski definition) is 3. The zero-order valence-corrected chi connectivity index (χ0v) is 17.8. The third-order valence-corrected chi connectivity index (χ3v) is 6.34. The minimum atomic E-state index is -3.65. The Morgan fingerprint density at radius 2 is 1.77 bits per heavy atom. The Morgan fingerprint density at radius 3 is 2.40 bits per heavy atom. The Bertz CT molecular complexity index is 1070. The van der Waals surface area contributed by atoms with Gasteiger partial charge < -0.3 is 10.5 Å². The first-order valence-electron chi connectivity index (χ1n) is 9.91. The molecule has 0 bridgehead atoms. The van der Waals surface area contributed by atoms with E-state index in [0.29, 0.717) is 17.5 Å². The Balaban J connectivity index is 1.52. The molecular formula is C20H26N6O3S. The highest BCUT2D eigenvalue weighted by atomic mass is 32.2. The summed E-state index contributed by atoms with van der Waals surface area (Å²) in [5, 5.41) is 5.08. The monoisotopic (exact) mass is 430 g/mol. The summed E-state index contributed by atoms with van der Waals surface area (Å²) < 4.78 is 31.0. The van der Waals surface area contributed by atoms with E-state index in [4.69, 9.17) is 20.6 Å². The fraction of sp³-hybridized carbons (Fsp3) is 0.450. The van der Waals surface area contributed by atoms with E-state index in [9.17, 15) is 8.42 Å². The zero-order valence-electron chi connectivity index (χ0n) is 17.0. The summed E-state index contributed by atoms with van der Waals surface area (Å²) in [5.74, 6) is 1.06. The second kappa shape index (κ2) is 7.60. The molecule has 30 heavy (non-hydrogen) atoms. The first-order chi connectivity index (χ1) is 14.1. The van der Waals surface area contributed by atoms with Crippen LogP contribution >= 0.6 is 0 Å². The third-order valence-electron chi connectivity index (χ3n) is 5.68. The van der Waals surface area contributed by atoms with Gasteiger partial charge in [0.25, 0.3) is 10.2 Å². The topological polar surface area (TPSA) is 146 Å². The van der Waals surface area contributed by atoms with Crippen molar-refractivity contribution >= 4 is 27.4 Å². The lowest BCUT2D eigenvalue weighted by Gasteiger charge is -2.32. The van der Waals surface area contributed by atoms with Gasteiger partial charge in [-0.3, -0.25) is 0 Å². The van der Waals surface area contributed by atoms with E-state index >= 15 is 0 Å². The number of aliphatic imine (C=N–C) groups is 1. The van der Waals surface area contributed by atoms with Crippen LogP contribution < -0.4 is 20.3 Å². The average Bonchev–Trinajstić information content (AvgIpc) is 2.67. The van der Waals surface area contributed by atoms with Crippen molar-refractivity contribution in [2.45, 2.75) is 57.1 Å². The molecule has 1 aliphatic heterocycles. The molecular weight excluding hydrogens is 404 g/mol. The first-order valence-corrected chi connectivity index (χ1v) is 11.5. The molecule has 4 rings (SSSR count). The van der Waals surface area contributed by atoms with Crippen LogP contribution in [0.2, 0.25) is 0 Å². The van der Waals surface area contributed by atoms with Gasteiger partial charge in [-0.1, -0.05) is 24.3 Å². The molecule has 1 aliphatic carbocycles. The highest BCUT2D eigenvalue weighted by Gasteiger charge is 2.35. The van der Waals surface area contributed by atoms with Gasteiger partial charge in [0.05, 0.1) is 5.71 Å². The summed E-state index contributed by atoms with van der Waals surface area (Å²) in [6.45, 7) is 3.89. The van der Waals surface area contributed by atoms with Gasteiger partial charge in [-0.2, -0.15) is 18.1 Å². The molecule has 160 valence electrons. The predicted octanol–water partition coefficient (Wildman–Crippen LogP) is 2.17. The summed E-state index contributed by atoms with van der Waals surface area (Å²) in [7, 11) is -3.65. The Hall–Kier alpha value is -2.56.